The van der Waals surface area contributed by atoms with Gasteiger partial charge in [-0.3, -0.25) is 0 Å². The third kappa shape index (κ3) is 1.94. The Labute approximate surface area is 97.3 Å². The van der Waals surface area contributed by atoms with Crippen molar-refractivity contribution in [2.24, 2.45) is 5.92 Å². The molecule has 0 amide bonds. The maximum absolute atomic E-state index is 6.06. The first kappa shape index (κ1) is 9.43. The maximum Gasteiger partial charge on any atom is 0.183 e. The molecule has 0 spiro atoms. The van der Waals surface area contributed by atoms with Crippen LogP contribution in [0.4, 0.5) is 5.13 Å². The molecule has 0 saturated heterocycles. The second kappa shape index (κ2) is 3.65. The van der Waals surface area contributed by atoms with Gasteiger partial charge >= 0.3 is 0 Å². The highest BCUT2D eigenvalue weighted by Gasteiger charge is 2.21. The van der Waals surface area contributed by atoms with E-state index in [9.17, 15) is 0 Å². The third-order valence-corrected chi connectivity index (χ3v) is 3.89. The summed E-state index contributed by atoms with van der Waals surface area (Å²) in [4.78, 5) is 4.49. The standard InChI is InChI=1S/C11H11ClN2S/c12-8-2-1-3-9-10(8)14-11(15-9)13-6-7-4-5-7/h1-3,7H,4-6H2,(H,13,14). The van der Waals surface area contributed by atoms with Crippen molar-refractivity contribution < 1.29 is 0 Å². The summed E-state index contributed by atoms with van der Waals surface area (Å²) >= 11 is 7.74. The van der Waals surface area contributed by atoms with Crippen molar-refractivity contribution in [2.45, 2.75) is 12.8 Å². The van der Waals surface area contributed by atoms with Gasteiger partial charge in [0.2, 0.25) is 0 Å². The molecule has 1 saturated carbocycles. The number of para-hydroxylation sites is 1. The van der Waals surface area contributed by atoms with Crippen molar-refractivity contribution in [1.29, 1.82) is 0 Å². The highest BCUT2D eigenvalue weighted by molar-refractivity contribution is 7.22. The van der Waals surface area contributed by atoms with E-state index in [4.69, 9.17) is 11.6 Å². The minimum absolute atomic E-state index is 0.739. The Morgan fingerprint density at radius 1 is 1.47 bits per heavy atom. The van der Waals surface area contributed by atoms with Crippen LogP contribution in [0.1, 0.15) is 12.8 Å². The first-order chi connectivity index (χ1) is 7.33. The number of fused-ring (bicyclic) bond motifs is 1. The van der Waals surface area contributed by atoms with Crippen molar-refractivity contribution in [3.8, 4) is 0 Å². The fourth-order valence-electron chi connectivity index (χ4n) is 1.54. The molecule has 2 aromatic rings. The molecule has 1 fully saturated rings. The lowest BCUT2D eigenvalue weighted by Gasteiger charge is -1.97. The van der Waals surface area contributed by atoms with Gasteiger partial charge in [0.1, 0.15) is 5.52 Å². The quantitative estimate of drug-likeness (QED) is 0.881. The van der Waals surface area contributed by atoms with E-state index < -0.39 is 0 Å². The van der Waals surface area contributed by atoms with Crippen molar-refractivity contribution in [3.63, 3.8) is 0 Å². The summed E-state index contributed by atoms with van der Waals surface area (Å²) in [6, 6.07) is 5.91. The molecule has 1 aliphatic rings. The number of anilines is 1. The topological polar surface area (TPSA) is 24.9 Å². The first-order valence-corrected chi connectivity index (χ1v) is 6.31. The molecule has 0 atom stereocenters. The Hall–Kier alpha value is -0.800. The number of halogens is 1. The Morgan fingerprint density at radius 3 is 3.07 bits per heavy atom. The van der Waals surface area contributed by atoms with Crippen molar-refractivity contribution >= 4 is 38.3 Å². The molecule has 0 bridgehead atoms. The maximum atomic E-state index is 6.06. The lowest BCUT2D eigenvalue weighted by molar-refractivity contribution is 0.888. The number of aromatic nitrogens is 1. The van der Waals surface area contributed by atoms with Crippen LogP contribution in [-0.2, 0) is 0 Å². The molecule has 15 heavy (non-hydrogen) atoms. The molecule has 1 aromatic carbocycles. The van der Waals surface area contributed by atoms with Gasteiger partial charge < -0.3 is 5.32 Å². The fourth-order valence-corrected chi connectivity index (χ4v) is 2.72. The highest BCUT2D eigenvalue weighted by atomic mass is 35.5. The molecule has 2 nitrogen and oxygen atoms in total. The van der Waals surface area contributed by atoms with Crippen LogP contribution in [0.3, 0.4) is 0 Å². The van der Waals surface area contributed by atoms with Crippen molar-refractivity contribution in [2.75, 3.05) is 11.9 Å². The Morgan fingerprint density at radius 2 is 2.33 bits per heavy atom. The Balaban J connectivity index is 1.88. The number of hydrogen-bond acceptors (Lipinski definition) is 3. The molecular formula is C11H11ClN2S. The summed E-state index contributed by atoms with van der Waals surface area (Å²) in [5.74, 6) is 0.868. The molecule has 3 rings (SSSR count). The zero-order valence-electron chi connectivity index (χ0n) is 8.16. The number of hydrogen-bond donors (Lipinski definition) is 1. The Kier molecular flexibility index (Phi) is 2.29. The van der Waals surface area contributed by atoms with E-state index in [1.165, 1.54) is 12.8 Å². The van der Waals surface area contributed by atoms with E-state index in [-0.39, 0.29) is 0 Å². The molecule has 1 heterocycles. The molecule has 1 aliphatic carbocycles. The minimum atomic E-state index is 0.739. The third-order valence-electron chi connectivity index (χ3n) is 2.61. The van der Waals surface area contributed by atoms with Crippen molar-refractivity contribution in [3.05, 3.63) is 23.2 Å². The number of nitrogens with zero attached hydrogens (tertiary/aromatic N) is 1. The highest BCUT2D eigenvalue weighted by Crippen LogP contribution is 2.33. The first-order valence-electron chi connectivity index (χ1n) is 5.12. The molecule has 4 heteroatoms. The van der Waals surface area contributed by atoms with E-state index in [2.05, 4.69) is 16.4 Å². The lowest BCUT2D eigenvalue weighted by Crippen LogP contribution is -2.02. The van der Waals surface area contributed by atoms with Crippen LogP contribution in [0.15, 0.2) is 18.2 Å². The summed E-state index contributed by atoms with van der Waals surface area (Å²) in [5.41, 5.74) is 0.919. The van der Waals surface area contributed by atoms with Gasteiger partial charge in [0.05, 0.1) is 9.72 Å². The predicted octanol–water partition coefficient (Wildman–Crippen LogP) is 3.77. The van der Waals surface area contributed by atoms with Gasteiger partial charge in [0.15, 0.2) is 5.13 Å². The van der Waals surface area contributed by atoms with Gasteiger partial charge in [-0.15, -0.1) is 0 Å². The van der Waals surface area contributed by atoms with Gasteiger partial charge in [-0.1, -0.05) is 29.0 Å². The van der Waals surface area contributed by atoms with E-state index >= 15 is 0 Å². The van der Waals surface area contributed by atoms with E-state index in [1.807, 2.05) is 12.1 Å². The van der Waals surface area contributed by atoms with Gasteiger partial charge in [0.25, 0.3) is 0 Å². The Bertz CT molecular complexity index is 490. The second-order valence-corrected chi connectivity index (χ2v) is 5.37. The number of benzene rings is 1. The van der Waals surface area contributed by atoms with E-state index in [1.54, 1.807) is 11.3 Å². The van der Waals surface area contributed by atoms with Crippen LogP contribution in [0, 0.1) is 5.92 Å². The number of nitrogens with one attached hydrogen (secondary N) is 1. The molecular weight excluding hydrogens is 228 g/mol. The van der Waals surface area contributed by atoms with Crippen LogP contribution in [-0.4, -0.2) is 11.5 Å². The van der Waals surface area contributed by atoms with Crippen LogP contribution < -0.4 is 5.32 Å². The normalized spacial score (nSPS) is 15.8. The summed E-state index contributed by atoms with van der Waals surface area (Å²) in [6.07, 6.45) is 2.72. The lowest BCUT2D eigenvalue weighted by atomic mass is 10.3. The number of rotatable bonds is 3. The average molecular weight is 239 g/mol. The largest absolute Gasteiger partial charge is 0.361 e. The summed E-state index contributed by atoms with van der Waals surface area (Å²) < 4.78 is 1.15. The smallest absolute Gasteiger partial charge is 0.183 e. The zero-order valence-corrected chi connectivity index (χ0v) is 9.74. The van der Waals surface area contributed by atoms with Crippen LogP contribution >= 0.6 is 22.9 Å². The fraction of sp³-hybridized carbons (Fsp3) is 0.364. The van der Waals surface area contributed by atoms with E-state index in [0.717, 1.165) is 32.8 Å². The molecule has 0 unspecified atom stereocenters. The average Bonchev–Trinajstić information content (AvgIpc) is 2.95. The SMILES string of the molecule is Clc1cccc2sc(NCC3CC3)nc12. The second-order valence-electron chi connectivity index (χ2n) is 3.93. The summed E-state index contributed by atoms with van der Waals surface area (Å²) in [6.45, 7) is 1.05. The predicted molar refractivity (Wildman–Crippen MR) is 65.8 cm³/mol. The van der Waals surface area contributed by atoms with Crippen LogP contribution in [0.25, 0.3) is 10.2 Å². The van der Waals surface area contributed by atoms with Crippen LogP contribution in [0.2, 0.25) is 5.02 Å². The van der Waals surface area contributed by atoms with Gasteiger partial charge in [-0.25, -0.2) is 4.98 Å². The molecule has 0 radical (unpaired) electrons. The molecule has 78 valence electrons. The van der Waals surface area contributed by atoms with Gasteiger partial charge in [-0.2, -0.15) is 0 Å². The summed E-state index contributed by atoms with van der Waals surface area (Å²) in [7, 11) is 0. The van der Waals surface area contributed by atoms with Gasteiger partial charge in [-0.05, 0) is 30.9 Å². The molecule has 1 aromatic heterocycles. The molecule has 1 N–H and O–H groups in total. The van der Waals surface area contributed by atoms with Gasteiger partial charge in [0, 0.05) is 6.54 Å². The monoisotopic (exact) mass is 238 g/mol. The summed E-state index contributed by atoms with van der Waals surface area (Å²) in [5, 5.41) is 5.10. The van der Waals surface area contributed by atoms with Crippen molar-refractivity contribution in [1.82, 2.24) is 4.98 Å². The van der Waals surface area contributed by atoms with E-state index in [0.29, 0.717) is 0 Å². The zero-order chi connectivity index (χ0) is 10.3. The number of thiazole rings is 1. The molecule has 0 aliphatic heterocycles. The van der Waals surface area contributed by atoms with Crippen LogP contribution in [0.5, 0.6) is 0 Å². The minimum Gasteiger partial charge on any atom is -0.361 e.